The predicted octanol–water partition coefficient (Wildman–Crippen LogP) is 2.85. The van der Waals surface area contributed by atoms with Crippen LogP contribution in [0.15, 0.2) is 36.4 Å². The molecule has 7 heteroatoms. The first-order chi connectivity index (χ1) is 14.9. The summed E-state index contributed by atoms with van der Waals surface area (Å²) >= 11 is 0. The number of hydrogen-bond acceptors (Lipinski definition) is 5. The molecule has 0 bridgehead atoms. The van der Waals surface area contributed by atoms with Crippen molar-refractivity contribution in [2.24, 2.45) is 5.92 Å². The topological polar surface area (TPSA) is 101 Å². The lowest BCUT2D eigenvalue weighted by molar-refractivity contribution is -0.134. The average Bonchev–Trinajstić information content (AvgIpc) is 3.33. The van der Waals surface area contributed by atoms with Crippen LogP contribution in [-0.4, -0.2) is 40.3 Å². The molecule has 2 aromatic rings. The molecular formula is C24H29N3O4. The van der Waals surface area contributed by atoms with Crippen LogP contribution in [0.2, 0.25) is 0 Å². The van der Waals surface area contributed by atoms with E-state index in [1.807, 2.05) is 38.1 Å². The Balaban J connectivity index is 1.43. The molecule has 1 spiro atoms. The van der Waals surface area contributed by atoms with Gasteiger partial charge in [0.1, 0.15) is 0 Å². The zero-order chi connectivity index (χ0) is 22.0. The molecule has 1 aliphatic heterocycles. The molecule has 2 heterocycles. The summed E-state index contributed by atoms with van der Waals surface area (Å²) in [4.78, 5) is 29.4. The van der Waals surface area contributed by atoms with Crippen LogP contribution >= 0.6 is 0 Å². The number of rotatable bonds is 5. The van der Waals surface area contributed by atoms with E-state index in [0.29, 0.717) is 25.0 Å². The highest BCUT2D eigenvalue weighted by atomic mass is 16.5. The summed E-state index contributed by atoms with van der Waals surface area (Å²) < 4.78 is 5.92. The van der Waals surface area contributed by atoms with Gasteiger partial charge < -0.3 is 10.1 Å². The fraction of sp³-hybridized carbons (Fsp3) is 0.458. The number of aromatic nitrogens is 1. The quantitative estimate of drug-likeness (QED) is 0.507. The van der Waals surface area contributed by atoms with E-state index in [9.17, 15) is 9.59 Å². The Bertz CT molecular complexity index is 947. The molecule has 164 valence electrons. The standard InChI is InChI=1S/C24H29N3O4/c1-15-10-18(11-16(2)25-15)12-17-4-6-19(7-5-17)22(28)26-21-14-24(8-3-9-31-24)13-20(21)23(29)27-30/h4-7,10-11,20-21,30H,3,8-9,12-14H2,1-2H3,(H,26,28)(H,27,29). The number of amides is 2. The number of hydroxylamine groups is 1. The van der Waals surface area contributed by atoms with Crippen LogP contribution in [0.3, 0.4) is 0 Å². The maximum absolute atomic E-state index is 12.9. The Morgan fingerprint density at radius 2 is 1.84 bits per heavy atom. The Morgan fingerprint density at radius 3 is 2.45 bits per heavy atom. The molecule has 31 heavy (non-hydrogen) atoms. The lowest BCUT2D eigenvalue weighted by Crippen LogP contribution is -2.43. The minimum absolute atomic E-state index is 0.224. The summed E-state index contributed by atoms with van der Waals surface area (Å²) in [5.41, 5.74) is 6.20. The van der Waals surface area contributed by atoms with E-state index in [0.717, 1.165) is 36.2 Å². The second-order valence-electron chi connectivity index (χ2n) is 8.84. The van der Waals surface area contributed by atoms with Gasteiger partial charge in [-0.2, -0.15) is 0 Å². The zero-order valence-corrected chi connectivity index (χ0v) is 18.0. The molecule has 3 atom stereocenters. The number of hydrogen-bond donors (Lipinski definition) is 3. The van der Waals surface area contributed by atoms with E-state index in [2.05, 4.69) is 22.4 Å². The molecule has 1 saturated carbocycles. The second kappa shape index (κ2) is 8.77. The molecule has 4 rings (SSSR count). The van der Waals surface area contributed by atoms with Crippen molar-refractivity contribution in [1.29, 1.82) is 0 Å². The first kappa shape index (κ1) is 21.5. The van der Waals surface area contributed by atoms with E-state index >= 15 is 0 Å². The minimum Gasteiger partial charge on any atom is -0.375 e. The number of nitrogens with one attached hydrogen (secondary N) is 2. The van der Waals surface area contributed by atoms with E-state index in [4.69, 9.17) is 9.94 Å². The number of aryl methyl sites for hydroxylation is 2. The SMILES string of the molecule is Cc1cc(Cc2ccc(C(=O)NC3CC4(CCCO4)CC3C(=O)NO)cc2)cc(C)n1. The van der Waals surface area contributed by atoms with Crippen LogP contribution in [0.1, 0.15) is 58.6 Å². The van der Waals surface area contributed by atoms with Gasteiger partial charge in [0.2, 0.25) is 5.91 Å². The largest absolute Gasteiger partial charge is 0.375 e. The molecule has 1 aromatic carbocycles. The number of pyridine rings is 1. The van der Waals surface area contributed by atoms with Crippen molar-refractivity contribution in [3.05, 3.63) is 64.5 Å². The highest BCUT2D eigenvalue weighted by Gasteiger charge is 2.51. The molecule has 2 aliphatic rings. The Hall–Kier alpha value is -2.77. The summed E-state index contributed by atoms with van der Waals surface area (Å²) in [7, 11) is 0. The number of carbonyl (C=O) groups is 2. The average molecular weight is 424 g/mol. The van der Waals surface area contributed by atoms with Crippen LogP contribution in [0, 0.1) is 19.8 Å². The molecule has 3 unspecified atom stereocenters. The summed E-state index contributed by atoms with van der Waals surface area (Å²) in [6.07, 6.45) is 3.68. The number of benzene rings is 1. The maximum Gasteiger partial charge on any atom is 0.251 e. The van der Waals surface area contributed by atoms with Crippen LogP contribution in [0.4, 0.5) is 0 Å². The van der Waals surface area contributed by atoms with Gasteiger partial charge in [0.05, 0.1) is 11.5 Å². The predicted molar refractivity (Wildman–Crippen MR) is 115 cm³/mol. The monoisotopic (exact) mass is 423 g/mol. The van der Waals surface area contributed by atoms with Crippen molar-refractivity contribution in [2.75, 3.05) is 6.61 Å². The number of nitrogens with zero attached hydrogens (tertiary/aromatic N) is 1. The lowest BCUT2D eigenvalue weighted by atomic mass is 9.96. The van der Waals surface area contributed by atoms with Gasteiger partial charge in [0, 0.05) is 29.6 Å². The summed E-state index contributed by atoms with van der Waals surface area (Å²) in [5.74, 6) is -1.21. The van der Waals surface area contributed by atoms with Crippen molar-refractivity contribution in [1.82, 2.24) is 15.8 Å². The highest BCUT2D eigenvalue weighted by Crippen LogP contribution is 2.44. The molecule has 2 amide bonds. The third-order valence-corrected chi connectivity index (χ3v) is 6.38. The van der Waals surface area contributed by atoms with Crippen molar-refractivity contribution < 1.29 is 19.5 Å². The van der Waals surface area contributed by atoms with E-state index in [1.165, 1.54) is 5.56 Å². The molecule has 1 aromatic heterocycles. The van der Waals surface area contributed by atoms with Gasteiger partial charge in [-0.25, -0.2) is 5.48 Å². The fourth-order valence-electron chi connectivity index (χ4n) is 5.04. The Morgan fingerprint density at radius 1 is 1.13 bits per heavy atom. The zero-order valence-electron chi connectivity index (χ0n) is 18.0. The summed E-state index contributed by atoms with van der Waals surface area (Å²) in [6.45, 7) is 4.64. The third kappa shape index (κ3) is 4.78. The first-order valence-corrected chi connectivity index (χ1v) is 10.8. The molecule has 0 radical (unpaired) electrons. The van der Waals surface area contributed by atoms with Gasteiger partial charge in [0.25, 0.3) is 5.91 Å². The van der Waals surface area contributed by atoms with Crippen molar-refractivity contribution >= 4 is 11.8 Å². The third-order valence-electron chi connectivity index (χ3n) is 6.38. The second-order valence-corrected chi connectivity index (χ2v) is 8.84. The molecule has 1 saturated heterocycles. The highest BCUT2D eigenvalue weighted by molar-refractivity contribution is 5.95. The fourth-order valence-corrected chi connectivity index (χ4v) is 5.04. The molecule has 7 nitrogen and oxygen atoms in total. The van der Waals surface area contributed by atoms with Crippen molar-refractivity contribution in [3.63, 3.8) is 0 Å². The van der Waals surface area contributed by atoms with Gasteiger partial charge in [-0.05, 0) is 81.3 Å². The molecule has 3 N–H and O–H groups in total. The van der Waals surface area contributed by atoms with Gasteiger partial charge in [0.15, 0.2) is 0 Å². The van der Waals surface area contributed by atoms with E-state index in [-0.39, 0.29) is 17.6 Å². The first-order valence-electron chi connectivity index (χ1n) is 10.8. The number of carbonyl (C=O) groups excluding carboxylic acids is 2. The van der Waals surface area contributed by atoms with E-state index < -0.39 is 11.8 Å². The molecule has 2 fully saturated rings. The molecular weight excluding hydrogens is 394 g/mol. The molecule has 1 aliphatic carbocycles. The normalized spacial score (nSPS) is 25.0. The Kier molecular flexibility index (Phi) is 6.07. The lowest BCUT2D eigenvalue weighted by Gasteiger charge is -2.22. The van der Waals surface area contributed by atoms with Crippen LogP contribution < -0.4 is 10.8 Å². The minimum atomic E-state index is -0.510. The Labute approximate surface area is 182 Å². The van der Waals surface area contributed by atoms with Gasteiger partial charge >= 0.3 is 0 Å². The summed E-state index contributed by atoms with van der Waals surface area (Å²) in [5, 5.41) is 12.1. The maximum atomic E-state index is 12.9. The van der Waals surface area contributed by atoms with Gasteiger partial charge in [-0.15, -0.1) is 0 Å². The number of ether oxygens (including phenoxy) is 1. The van der Waals surface area contributed by atoms with Crippen molar-refractivity contribution in [3.8, 4) is 0 Å². The van der Waals surface area contributed by atoms with Crippen molar-refractivity contribution in [2.45, 2.75) is 57.6 Å². The van der Waals surface area contributed by atoms with Crippen LogP contribution in [0.5, 0.6) is 0 Å². The van der Waals surface area contributed by atoms with Crippen LogP contribution in [0.25, 0.3) is 0 Å². The van der Waals surface area contributed by atoms with Crippen LogP contribution in [-0.2, 0) is 16.0 Å². The van der Waals surface area contributed by atoms with E-state index in [1.54, 1.807) is 5.48 Å². The summed E-state index contributed by atoms with van der Waals surface area (Å²) in [6, 6.07) is 11.3. The smallest absolute Gasteiger partial charge is 0.251 e. The van der Waals surface area contributed by atoms with Gasteiger partial charge in [-0.3, -0.25) is 19.8 Å². The van der Waals surface area contributed by atoms with Gasteiger partial charge in [-0.1, -0.05) is 12.1 Å².